The third-order valence-corrected chi connectivity index (χ3v) is 9.64. The van der Waals surface area contributed by atoms with Crippen LogP contribution in [0.2, 0.25) is 0 Å². The third kappa shape index (κ3) is 2.27. The molecule has 0 atom stereocenters. The zero-order valence-electron chi connectivity index (χ0n) is 19.9. The Morgan fingerprint density at radius 2 is 0.767 bits per heavy atom. The van der Waals surface area contributed by atoms with Crippen LogP contribution in [-0.2, 0) is 0 Å². The molecule has 0 aliphatic rings. The van der Waals surface area contributed by atoms with Crippen LogP contribution < -0.4 is 54.6 Å². The van der Waals surface area contributed by atoms with Gasteiger partial charge in [0.2, 0.25) is 0 Å². The molecule has 0 saturated heterocycles. The summed E-state index contributed by atoms with van der Waals surface area (Å²) in [6, 6.07) is 0. The average Bonchev–Trinajstić information content (AvgIpc) is 3.32. The van der Waals surface area contributed by atoms with Crippen molar-refractivity contribution in [3.8, 4) is 0 Å². The fourth-order valence-corrected chi connectivity index (χ4v) is 7.06. The van der Waals surface area contributed by atoms with E-state index in [1.807, 2.05) is 11.3 Å². The Kier molecular flexibility index (Phi) is 4.33. The lowest BCUT2D eigenvalue weighted by Crippen LogP contribution is -2.47. The molecule has 0 saturated carbocycles. The van der Waals surface area contributed by atoms with Crippen molar-refractivity contribution < 1.29 is 0 Å². The van der Waals surface area contributed by atoms with Crippen molar-refractivity contribution in [2.45, 2.75) is 0 Å². The van der Waals surface area contributed by atoms with Crippen LogP contribution in [0.1, 0.15) is 0 Å². The van der Waals surface area contributed by atoms with E-state index in [4.69, 9.17) is 0 Å². The third-order valence-electron chi connectivity index (χ3n) is 8.21. The predicted octanol–water partition coefficient (Wildman–Crippen LogP) is -11.7. The summed E-state index contributed by atoms with van der Waals surface area (Å²) in [5, 5.41) is 5.77. The van der Waals surface area contributed by atoms with E-state index in [1.54, 1.807) is 0 Å². The van der Waals surface area contributed by atoms with Gasteiger partial charge in [-0.3, -0.25) is 0 Å². The van der Waals surface area contributed by atoms with Crippen molar-refractivity contribution in [1.29, 1.82) is 0 Å². The summed E-state index contributed by atoms with van der Waals surface area (Å²) in [6.45, 7) is 0. The van der Waals surface area contributed by atoms with Gasteiger partial charge in [0.15, 0.2) is 0 Å². The molecule has 0 amide bonds. The highest BCUT2D eigenvalue weighted by Crippen LogP contribution is 2.32. The first kappa shape index (κ1) is 20.2. The van der Waals surface area contributed by atoms with Crippen molar-refractivity contribution in [2.24, 2.45) is 0 Å². The van der Waals surface area contributed by atoms with Gasteiger partial charge in [-0.2, -0.15) is 0 Å². The van der Waals surface area contributed by atoms with Crippen LogP contribution in [-0.4, -0.2) is 83.4 Å². The fourth-order valence-electron chi connectivity index (χ4n) is 5.58. The van der Waals surface area contributed by atoms with Crippen molar-refractivity contribution in [1.82, 2.24) is 4.98 Å². The Hall–Kier alpha value is -1.67. The molecule has 0 aliphatic heterocycles. The molecule has 0 bridgehead atoms. The van der Waals surface area contributed by atoms with Crippen LogP contribution in [0.25, 0.3) is 42.0 Å². The van der Waals surface area contributed by atoms with Gasteiger partial charge in [-0.25, -0.2) is 0 Å². The highest BCUT2D eigenvalue weighted by atomic mass is 32.1. The van der Waals surface area contributed by atoms with Crippen LogP contribution in [0.5, 0.6) is 0 Å². The largest absolute Gasteiger partial charge is 0.355 e. The Labute approximate surface area is 191 Å². The summed E-state index contributed by atoms with van der Waals surface area (Å²) in [4.78, 5) is 3.88. The molecular weight excluding hydrogens is 370 g/mol. The zero-order chi connectivity index (χ0) is 21.8. The molecule has 5 aromatic rings. The maximum absolute atomic E-state index is 3.88. The quantitative estimate of drug-likeness (QED) is 0.253. The minimum Gasteiger partial charge on any atom is -0.355 e. The normalized spacial score (nSPS) is 12.0. The lowest BCUT2D eigenvalue weighted by molar-refractivity contribution is 1.59. The van der Waals surface area contributed by atoms with E-state index in [2.05, 4.69) is 83.4 Å². The maximum atomic E-state index is 3.88. The highest BCUT2D eigenvalue weighted by Gasteiger charge is 2.22. The molecule has 5 rings (SSSR count). The summed E-state index contributed by atoms with van der Waals surface area (Å²) in [6.07, 6.45) is 0. The van der Waals surface area contributed by atoms with Gasteiger partial charge in [-0.05, 0) is 16.2 Å². The van der Waals surface area contributed by atoms with Crippen molar-refractivity contribution >= 4 is 186 Å². The number of aromatic nitrogens is 1. The average molecular weight is 392 g/mol. The monoisotopic (exact) mass is 393 g/mol. The van der Waals surface area contributed by atoms with E-state index in [0.29, 0.717) is 0 Å². The number of benzene rings is 3. The Morgan fingerprint density at radius 1 is 0.367 bits per heavy atom. The van der Waals surface area contributed by atoms with Crippen molar-refractivity contribution in [3.05, 3.63) is 0 Å². The number of thiophene rings is 1. The number of rotatable bonds is 0. The first-order valence-corrected chi connectivity index (χ1v) is 11.7. The Balaban J connectivity index is 2.14. The number of aromatic amines is 1. The van der Waals surface area contributed by atoms with Crippen molar-refractivity contribution in [2.75, 3.05) is 0 Å². The summed E-state index contributed by atoms with van der Waals surface area (Å²) in [5.74, 6) is 0. The standard InChI is InChI=1S/C18H21B10NS/c19-5-1-2-8(22)17-4(3-6(20)10(24)12(26)14(28)18(3)30-17)7(21)15(2)29-16(1)13(27)11(25)9(5)23/h29H,19-28H2. The summed E-state index contributed by atoms with van der Waals surface area (Å²) in [7, 11) is 22.9. The Bertz CT molecular complexity index is 1480. The molecule has 3 aromatic carbocycles. The second-order valence-corrected chi connectivity index (χ2v) is 10.4. The molecule has 12 heteroatoms. The second-order valence-electron chi connectivity index (χ2n) is 9.39. The molecule has 0 fully saturated rings. The van der Waals surface area contributed by atoms with Crippen LogP contribution in [0.4, 0.5) is 0 Å². The van der Waals surface area contributed by atoms with Gasteiger partial charge >= 0.3 is 0 Å². The maximum Gasteiger partial charge on any atom is 0.142 e. The minimum atomic E-state index is 1.32. The van der Waals surface area contributed by atoms with Gasteiger partial charge in [-0.15, -0.1) is 27.7 Å². The lowest BCUT2D eigenvalue weighted by atomic mass is 9.64. The molecule has 2 aromatic heterocycles. The van der Waals surface area contributed by atoms with Gasteiger partial charge < -0.3 is 4.98 Å². The Morgan fingerprint density at radius 3 is 1.40 bits per heavy atom. The SMILES string of the molecule is Bc1c(B)c(B)c2c([nH]c3c(B)c4c(sc5c(B)c(B)c(B)c(B)c54)c(B)c32)c1B. The van der Waals surface area contributed by atoms with Gasteiger partial charge in [-0.1, -0.05) is 38.2 Å². The molecule has 1 nitrogen and oxygen atoms in total. The van der Waals surface area contributed by atoms with Crippen LogP contribution in [0.15, 0.2) is 0 Å². The van der Waals surface area contributed by atoms with E-state index in [1.165, 1.54) is 96.6 Å². The van der Waals surface area contributed by atoms with Gasteiger partial charge in [0.25, 0.3) is 0 Å². The number of H-pyrrole nitrogens is 1. The van der Waals surface area contributed by atoms with Gasteiger partial charge in [0.1, 0.15) is 78.5 Å². The molecule has 0 aliphatic carbocycles. The van der Waals surface area contributed by atoms with Crippen LogP contribution in [0.3, 0.4) is 0 Å². The zero-order valence-corrected chi connectivity index (χ0v) is 20.7. The van der Waals surface area contributed by atoms with Crippen molar-refractivity contribution in [3.63, 3.8) is 0 Å². The summed E-state index contributed by atoms with van der Waals surface area (Å²) < 4.78 is 2.93. The molecule has 0 spiro atoms. The predicted molar refractivity (Wildman–Crippen MR) is 170 cm³/mol. The molecular formula is C18H21B10NS. The van der Waals surface area contributed by atoms with Crippen LogP contribution >= 0.6 is 11.3 Å². The van der Waals surface area contributed by atoms with E-state index in [9.17, 15) is 0 Å². The molecule has 134 valence electrons. The molecule has 30 heavy (non-hydrogen) atoms. The number of hydrogen-bond donors (Lipinski definition) is 1. The topological polar surface area (TPSA) is 15.8 Å². The first-order chi connectivity index (χ1) is 14.1. The summed E-state index contributed by atoms with van der Waals surface area (Å²) in [5.41, 5.74) is 16.9. The molecule has 0 radical (unpaired) electrons. The highest BCUT2D eigenvalue weighted by molar-refractivity contribution is 7.28. The molecule has 2 heterocycles. The number of hydrogen-bond acceptors (Lipinski definition) is 1. The fraction of sp³-hybridized carbons (Fsp3) is 0. The van der Waals surface area contributed by atoms with E-state index in [0.717, 1.165) is 0 Å². The number of nitrogens with one attached hydrogen (secondary N) is 1. The molecule has 1 N–H and O–H groups in total. The summed E-state index contributed by atoms with van der Waals surface area (Å²) >= 11 is 2.00. The van der Waals surface area contributed by atoms with E-state index < -0.39 is 0 Å². The van der Waals surface area contributed by atoms with Gasteiger partial charge in [0, 0.05) is 25.8 Å². The van der Waals surface area contributed by atoms with E-state index in [-0.39, 0.29) is 0 Å². The van der Waals surface area contributed by atoms with E-state index >= 15 is 0 Å². The smallest absolute Gasteiger partial charge is 0.142 e. The lowest BCUT2D eigenvalue weighted by Gasteiger charge is -2.13. The first-order valence-electron chi connectivity index (χ1n) is 10.9. The number of fused-ring (bicyclic) bond motifs is 6. The van der Waals surface area contributed by atoms with Crippen LogP contribution in [0, 0.1) is 0 Å². The second kappa shape index (κ2) is 6.42. The minimum absolute atomic E-state index is 1.32. The van der Waals surface area contributed by atoms with Gasteiger partial charge in [0.05, 0.1) is 0 Å². The molecule has 0 unspecified atom stereocenters.